The minimum Gasteiger partial charge on any atom is -0.410 e. The second-order valence-corrected chi connectivity index (χ2v) is 3.82. The van der Waals surface area contributed by atoms with Gasteiger partial charge in [0.15, 0.2) is 0 Å². The van der Waals surface area contributed by atoms with Gasteiger partial charge in [-0.3, -0.25) is 4.98 Å². The molecule has 0 aliphatic heterocycles. The van der Waals surface area contributed by atoms with Gasteiger partial charge in [-0.25, -0.2) is 4.79 Å². The standard InChI is InChI=1S/C14H14N2O2/c1-11(13-9-5-6-10-15-13)16-14(17)18-12-7-3-2-4-8-12/h2-11H,1H3,(H,16,17). The highest BCUT2D eigenvalue weighted by atomic mass is 16.6. The maximum Gasteiger partial charge on any atom is 0.413 e. The fraction of sp³-hybridized carbons (Fsp3) is 0.143. The minimum atomic E-state index is -0.487. The number of aromatic nitrogens is 1. The molecule has 18 heavy (non-hydrogen) atoms. The maximum atomic E-state index is 11.6. The van der Waals surface area contributed by atoms with Gasteiger partial charge in [-0.15, -0.1) is 0 Å². The van der Waals surface area contributed by atoms with Crippen molar-refractivity contribution in [2.24, 2.45) is 0 Å². The number of hydrogen-bond donors (Lipinski definition) is 1. The van der Waals surface area contributed by atoms with Crippen molar-refractivity contribution in [2.45, 2.75) is 13.0 Å². The van der Waals surface area contributed by atoms with Crippen molar-refractivity contribution in [2.75, 3.05) is 0 Å². The van der Waals surface area contributed by atoms with Crippen molar-refractivity contribution in [1.29, 1.82) is 0 Å². The molecule has 0 saturated heterocycles. The zero-order valence-electron chi connectivity index (χ0n) is 10.0. The lowest BCUT2D eigenvalue weighted by Crippen LogP contribution is -2.29. The van der Waals surface area contributed by atoms with Crippen LogP contribution in [0.2, 0.25) is 0 Å². The van der Waals surface area contributed by atoms with Crippen LogP contribution in [0.25, 0.3) is 0 Å². The Morgan fingerprint density at radius 3 is 2.56 bits per heavy atom. The summed E-state index contributed by atoms with van der Waals surface area (Å²) >= 11 is 0. The number of carbonyl (C=O) groups is 1. The van der Waals surface area contributed by atoms with Crippen molar-refractivity contribution < 1.29 is 9.53 Å². The molecule has 4 heteroatoms. The zero-order valence-corrected chi connectivity index (χ0v) is 10.0. The number of carbonyl (C=O) groups excluding carboxylic acids is 1. The van der Waals surface area contributed by atoms with E-state index in [1.54, 1.807) is 18.3 Å². The van der Waals surface area contributed by atoms with E-state index in [9.17, 15) is 4.79 Å². The number of para-hydroxylation sites is 1. The summed E-state index contributed by atoms with van der Waals surface area (Å²) in [6.45, 7) is 1.86. The predicted octanol–water partition coefficient (Wildman–Crippen LogP) is 2.93. The summed E-state index contributed by atoms with van der Waals surface area (Å²) in [4.78, 5) is 15.8. The van der Waals surface area contributed by atoms with Crippen molar-refractivity contribution >= 4 is 6.09 Å². The Morgan fingerprint density at radius 1 is 1.17 bits per heavy atom. The molecule has 1 amide bonds. The van der Waals surface area contributed by atoms with E-state index in [2.05, 4.69) is 10.3 Å². The van der Waals surface area contributed by atoms with Crippen molar-refractivity contribution in [3.63, 3.8) is 0 Å². The van der Waals surface area contributed by atoms with Gasteiger partial charge in [0.2, 0.25) is 0 Å². The van der Waals surface area contributed by atoms with Crippen LogP contribution in [0.3, 0.4) is 0 Å². The average molecular weight is 242 g/mol. The summed E-state index contributed by atoms with van der Waals surface area (Å²) < 4.78 is 5.13. The third-order valence-corrected chi connectivity index (χ3v) is 2.42. The molecule has 2 aromatic rings. The Hall–Kier alpha value is -2.36. The summed E-state index contributed by atoms with van der Waals surface area (Å²) in [6.07, 6.45) is 1.20. The highest BCUT2D eigenvalue weighted by Crippen LogP contribution is 2.11. The van der Waals surface area contributed by atoms with Crippen LogP contribution in [0.5, 0.6) is 5.75 Å². The number of ether oxygens (including phenoxy) is 1. The Morgan fingerprint density at radius 2 is 1.89 bits per heavy atom. The molecule has 1 aromatic heterocycles. The lowest BCUT2D eigenvalue weighted by molar-refractivity contribution is 0.196. The van der Waals surface area contributed by atoms with E-state index in [0.29, 0.717) is 5.75 Å². The SMILES string of the molecule is CC(NC(=O)Oc1ccccc1)c1ccccn1. The lowest BCUT2D eigenvalue weighted by atomic mass is 10.2. The highest BCUT2D eigenvalue weighted by Gasteiger charge is 2.11. The summed E-state index contributed by atoms with van der Waals surface area (Å²) in [7, 11) is 0. The van der Waals surface area contributed by atoms with E-state index in [-0.39, 0.29) is 6.04 Å². The van der Waals surface area contributed by atoms with Gasteiger partial charge < -0.3 is 10.1 Å². The van der Waals surface area contributed by atoms with Gasteiger partial charge in [-0.2, -0.15) is 0 Å². The molecule has 0 radical (unpaired) electrons. The maximum absolute atomic E-state index is 11.6. The van der Waals surface area contributed by atoms with E-state index in [0.717, 1.165) is 5.69 Å². The van der Waals surface area contributed by atoms with Gasteiger partial charge in [-0.05, 0) is 31.2 Å². The van der Waals surface area contributed by atoms with Crippen LogP contribution in [0, 0.1) is 0 Å². The van der Waals surface area contributed by atoms with Gasteiger partial charge in [-0.1, -0.05) is 24.3 Å². The van der Waals surface area contributed by atoms with E-state index in [4.69, 9.17) is 4.74 Å². The minimum absolute atomic E-state index is 0.192. The van der Waals surface area contributed by atoms with Crippen molar-refractivity contribution in [3.8, 4) is 5.75 Å². The fourth-order valence-electron chi connectivity index (χ4n) is 1.51. The molecule has 0 spiro atoms. The Bertz CT molecular complexity index is 500. The largest absolute Gasteiger partial charge is 0.413 e. The van der Waals surface area contributed by atoms with Crippen molar-refractivity contribution in [3.05, 3.63) is 60.4 Å². The number of amides is 1. The molecular formula is C14H14N2O2. The first-order valence-corrected chi connectivity index (χ1v) is 5.70. The molecular weight excluding hydrogens is 228 g/mol. The normalized spacial score (nSPS) is 11.6. The molecule has 2 rings (SSSR count). The topological polar surface area (TPSA) is 51.2 Å². The lowest BCUT2D eigenvalue weighted by Gasteiger charge is -2.13. The summed E-state index contributed by atoms with van der Waals surface area (Å²) in [6, 6.07) is 14.3. The van der Waals surface area contributed by atoms with Gasteiger partial charge in [0, 0.05) is 6.20 Å². The molecule has 1 aromatic carbocycles. The molecule has 0 aliphatic carbocycles. The van der Waals surface area contributed by atoms with Crippen LogP contribution in [0.15, 0.2) is 54.7 Å². The third-order valence-electron chi connectivity index (χ3n) is 2.42. The number of nitrogens with zero attached hydrogens (tertiary/aromatic N) is 1. The average Bonchev–Trinajstić information content (AvgIpc) is 2.40. The third kappa shape index (κ3) is 3.31. The van der Waals surface area contributed by atoms with E-state index >= 15 is 0 Å². The van der Waals surface area contributed by atoms with Crippen molar-refractivity contribution in [1.82, 2.24) is 10.3 Å². The summed E-state index contributed by atoms with van der Waals surface area (Å²) in [5.41, 5.74) is 0.794. The first-order chi connectivity index (χ1) is 8.75. The first kappa shape index (κ1) is 12.1. The zero-order chi connectivity index (χ0) is 12.8. The van der Waals surface area contributed by atoms with Crippen LogP contribution in [0.4, 0.5) is 4.79 Å². The number of hydrogen-bond acceptors (Lipinski definition) is 3. The smallest absolute Gasteiger partial charge is 0.410 e. The van der Waals surface area contributed by atoms with Gasteiger partial charge in [0.25, 0.3) is 0 Å². The van der Waals surface area contributed by atoms with Crippen LogP contribution in [-0.4, -0.2) is 11.1 Å². The molecule has 0 fully saturated rings. The van der Waals surface area contributed by atoms with Gasteiger partial charge in [0.1, 0.15) is 5.75 Å². The Balaban J connectivity index is 1.92. The molecule has 0 saturated carbocycles. The summed E-state index contributed by atoms with van der Waals surface area (Å²) in [5.74, 6) is 0.517. The second-order valence-electron chi connectivity index (χ2n) is 3.82. The van der Waals surface area contributed by atoms with E-state index in [1.165, 1.54) is 0 Å². The first-order valence-electron chi connectivity index (χ1n) is 5.70. The highest BCUT2D eigenvalue weighted by molar-refractivity contribution is 5.70. The molecule has 0 aliphatic rings. The number of nitrogens with one attached hydrogen (secondary N) is 1. The van der Waals surface area contributed by atoms with Crippen LogP contribution in [-0.2, 0) is 0 Å². The van der Waals surface area contributed by atoms with E-state index < -0.39 is 6.09 Å². The Labute approximate surface area is 106 Å². The predicted molar refractivity (Wildman–Crippen MR) is 68.3 cm³/mol. The van der Waals surface area contributed by atoms with Gasteiger partial charge in [0.05, 0.1) is 11.7 Å². The summed E-state index contributed by atoms with van der Waals surface area (Å²) in [5, 5.41) is 2.72. The fourth-order valence-corrected chi connectivity index (χ4v) is 1.51. The van der Waals surface area contributed by atoms with Crippen LogP contribution in [0.1, 0.15) is 18.7 Å². The molecule has 1 N–H and O–H groups in total. The van der Waals surface area contributed by atoms with Gasteiger partial charge >= 0.3 is 6.09 Å². The molecule has 1 heterocycles. The second kappa shape index (κ2) is 5.82. The number of rotatable bonds is 3. The molecule has 92 valence electrons. The molecule has 4 nitrogen and oxygen atoms in total. The monoisotopic (exact) mass is 242 g/mol. The van der Waals surface area contributed by atoms with Crippen LogP contribution >= 0.6 is 0 Å². The number of benzene rings is 1. The molecule has 0 bridgehead atoms. The Kier molecular flexibility index (Phi) is 3.91. The van der Waals surface area contributed by atoms with Crippen LogP contribution < -0.4 is 10.1 Å². The molecule has 1 unspecified atom stereocenters. The van der Waals surface area contributed by atoms with E-state index in [1.807, 2.05) is 43.3 Å². The number of pyridine rings is 1. The molecule has 1 atom stereocenters. The quantitative estimate of drug-likeness (QED) is 0.900.